The number of nitrogens with two attached hydrogens (primary N) is 1. The molecule has 8 heteroatoms. The Hall–Kier alpha value is -1.86. The Morgan fingerprint density at radius 2 is 1.58 bits per heavy atom. The van der Waals surface area contributed by atoms with E-state index in [-0.39, 0.29) is 54.5 Å². The maximum atomic E-state index is 13.1. The SMILES string of the molecule is CC(C(=O)N1C[C@@H](N)[C@H](c2ccccc2)C1)N1CCN(c2ccc(F)cc2)CC1.Cl.Cl. The van der Waals surface area contributed by atoms with E-state index in [1.807, 2.05) is 42.2 Å². The van der Waals surface area contributed by atoms with Crippen LogP contribution in [0.3, 0.4) is 0 Å². The first-order valence-corrected chi connectivity index (χ1v) is 10.4. The number of carbonyl (C=O) groups excluding carboxylic acids is 1. The fourth-order valence-corrected chi connectivity index (χ4v) is 4.50. The molecule has 0 aliphatic carbocycles. The van der Waals surface area contributed by atoms with Gasteiger partial charge in [0.2, 0.25) is 5.91 Å². The summed E-state index contributed by atoms with van der Waals surface area (Å²) >= 11 is 0. The number of hydrogen-bond donors (Lipinski definition) is 1. The number of likely N-dealkylation sites (tertiary alicyclic amines) is 1. The molecule has 2 aromatic carbocycles. The van der Waals surface area contributed by atoms with Gasteiger partial charge in [-0.1, -0.05) is 30.3 Å². The van der Waals surface area contributed by atoms with Crippen LogP contribution in [0.15, 0.2) is 54.6 Å². The number of anilines is 1. The molecule has 0 saturated carbocycles. The minimum Gasteiger partial charge on any atom is -0.369 e. The summed E-state index contributed by atoms with van der Waals surface area (Å²) in [7, 11) is 0. The Morgan fingerprint density at radius 1 is 0.968 bits per heavy atom. The predicted octanol–water partition coefficient (Wildman–Crippen LogP) is 3.13. The number of halogens is 3. The minimum atomic E-state index is -0.218. The summed E-state index contributed by atoms with van der Waals surface area (Å²) < 4.78 is 13.1. The third kappa shape index (κ3) is 5.69. The van der Waals surface area contributed by atoms with Crippen molar-refractivity contribution in [3.8, 4) is 0 Å². The highest BCUT2D eigenvalue weighted by Crippen LogP contribution is 2.27. The molecule has 0 bridgehead atoms. The topological polar surface area (TPSA) is 52.8 Å². The smallest absolute Gasteiger partial charge is 0.239 e. The van der Waals surface area contributed by atoms with Crippen LogP contribution in [0.1, 0.15) is 18.4 Å². The first-order valence-electron chi connectivity index (χ1n) is 10.4. The summed E-state index contributed by atoms with van der Waals surface area (Å²) in [5.74, 6) is 0.140. The Labute approximate surface area is 196 Å². The van der Waals surface area contributed by atoms with E-state index in [0.717, 1.165) is 31.9 Å². The highest BCUT2D eigenvalue weighted by atomic mass is 35.5. The van der Waals surface area contributed by atoms with Gasteiger partial charge in [-0.3, -0.25) is 9.69 Å². The summed E-state index contributed by atoms with van der Waals surface area (Å²) in [6.07, 6.45) is 0. The van der Waals surface area contributed by atoms with Crippen LogP contribution in [0.25, 0.3) is 0 Å². The van der Waals surface area contributed by atoms with Gasteiger partial charge >= 0.3 is 0 Å². The van der Waals surface area contributed by atoms with Crippen LogP contribution in [0, 0.1) is 5.82 Å². The molecule has 31 heavy (non-hydrogen) atoms. The van der Waals surface area contributed by atoms with E-state index < -0.39 is 0 Å². The highest BCUT2D eigenvalue weighted by Gasteiger charge is 2.37. The molecule has 2 aromatic rings. The molecule has 2 heterocycles. The lowest BCUT2D eigenvalue weighted by atomic mass is 9.95. The lowest BCUT2D eigenvalue weighted by Gasteiger charge is -2.39. The lowest BCUT2D eigenvalue weighted by molar-refractivity contribution is -0.135. The summed E-state index contributed by atoms with van der Waals surface area (Å²) in [6.45, 7) is 6.57. The number of hydrogen-bond acceptors (Lipinski definition) is 4. The minimum absolute atomic E-state index is 0. The normalized spacial score (nSPS) is 22.4. The molecule has 2 N–H and O–H groups in total. The zero-order valence-corrected chi connectivity index (χ0v) is 19.3. The van der Waals surface area contributed by atoms with Crippen molar-refractivity contribution in [3.63, 3.8) is 0 Å². The molecule has 2 aliphatic heterocycles. The summed E-state index contributed by atoms with van der Waals surface area (Å²) in [6, 6.07) is 16.7. The number of rotatable bonds is 4. The van der Waals surface area contributed by atoms with Crippen molar-refractivity contribution in [3.05, 3.63) is 66.0 Å². The highest BCUT2D eigenvalue weighted by molar-refractivity contribution is 5.85. The number of nitrogens with zero attached hydrogens (tertiary/aromatic N) is 3. The molecule has 4 rings (SSSR count). The third-order valence-corrected chi connectivity index (χ3v) is 6.32. The Balaban J connectivity index is 0.00000171. The molecule has 2 fully saturated rings. The van der Waals surface area contributed by atoms with Crippen molar-refractivity contribution in [2.45, 2.75) is 24.9 Å². The van der Waals surface area contributed by atoms with E-state index >= 15 is 0 Å². The lowest BCUT2D eigenvalue weighted by Crippen LogP contribution is -2.54. The maximum Gasteiger partial charge on any atom is 0.239 e. The average molecular weight is 469 g/mol. The van der Waals surface area contributed by atoms with Crippen LogP contribution in [-0.2, 0) is 4.79 Å². The average Bonchev–Trinajstić information content (AvgIpc) is 3.15. The van der Waals surface area contributed by atoms with E-state index in [9.17, 15) is 9.18 Å². The van der Waals surface area contributed by atoms with Crippen molar-refractivity contribution < 1.29 is 9.18 Å². The van der Waals surface area contributed by atoms with E-state index in [4.69, 9.17) is 5.73 Å². The van der Waals surface area contributed by atoms with Gasteiger partial charge in [-0.15, -0.1) is 24.8 Å². The quantitative estimate of drug-likeness (QED) is 0.748. The van der Waals surface area contributed by atoms with Crippen LogP contribution < -0.4 is 10.6 Å². The molecular formula is C23H31Cl2FN4O. The van der Waals surface area contributed by atoms with Crippen LogP contribution in [0.5, 0.6) is 0 Å². The third-order valence-electron chi connectivity index (χ3n) is 6.32. The molecule has 1 amide bonds. The zero-order valence-electron chi connectivity index (χ0n) is 17.7. The van der Waals surface area contributed by atoms with Crippen LogP contribution in [-0.4, -0.2) is 67.1 Å². The molecule has 2 aliphatic rings. The molecule has 2 saturated heterocycles. The number of benzene rings is 2. The Morgan fingerprint density at radius 3 is 2.19 bits per heavy atom. The Kier molecular flexibility index (Phi) is 9.13. The predicted molar refractivity (Wildman–Crippen MR) is 128 cm³/mol. The molecule has 0 aromatic heterocycles. The van der Waals surface area contributed by atoms with Gasteiger partial charge < -0.3 is 15.5 Å². The molecule has 3 atom stereocenters. The second-order valence-corrected chi connectivity index (χ2v) is 8.10. The summed E-state index contributed by atoms with van der Waals surface area (Å²) in [4.78, 5) is 19.5. The van der Waals surface area contributed by atoms with Crippen molar-refractivity contribution in [2.75, 3.05) is 44.2 Å². The zero-order chi connectivity index (χ0) is 20.4. The van der Waals surface area contributed by atoms with Gasteiger partial charge in [0.25, 0.3) is 0 Å². The van der Waals surface area contributed by atoms with E-state index in [0.29, 0.717) is 13.1 Å². The maximum absolute atomic E-state index is 13.1. The molecular weight excluding hydrogens is 438 g/mol. The van der Waals surface area contributed by atoms with Crippen molar-refractivity contribution in [1.82, 2.24) is 9.80 Å². The fourth-order valence-electron chi connectivity index (χ4n) is 4.50. The van der Waals surface area contributed by atoms with Crippen molar-refractivity contribution in [2.24, 2.45) is 5.73 Å². The number of carbonyl (C=O) groups is 1. The number of amides is 1. The standard InChI is InChI=1S/C23H29FN4O.2ClH/c1-17(26-11-13-27(14-12-26)20-9-7-19(24)8-10-20)23(29)28-15-21(22(25)16-28)18-5-3-2-4-6-18;;/h2-10,17,21-22H,11-16,25H2,1H3;2*1H/t17?,21-,22+;;/m0../s1. The van der Waals surface area contributed by atoms with Gasteiger partial charge in [0, 0.05) is 56.9 Å². The first-order chi connectivity index (χ1) is 14.0. The van der Waals surface area contributed by atoms with Crippen molar-refractivity contribution >= 4 is 36.4 Å². The summed E-state index contributed by atoms with van der Waals surface area (Å²) in [5, 5.41) is 0. The molecule has 170 valence electrons. The van der Waals surface area contributed by atoms with Gasteiger partial charge in [0.05, 0.1) is 6.04 Å². The monoisotopic (exact) mass is 468 g/mol. The van der Waals surface area contributed by atoms with Crippen molar-refractivity contribution in [1.29, 1.82) is 0 Å². The summed E-state index contributed by atoms with van der Waals surface area (Å²) in [5.41, 5.74) is 8.60. The molecule has 5 nitrogen and oxygen atoms in total. The van der Waals surface area contributed by atoms with Crippen LogP contribution in [0.2, 0.25) is 0 Å². The second kappa shape index (κ2) is 11.1. The van der Waals surface area contributed by atoms with Gasteiger partial charge in [0.1, 0.15) is 5.82 Å². The molecule has 1 unspecified atom stereocenters. The second-order valence-electron chi connectivity index (χ2n) is 8.10. The van der Waals surface area contributed by atoms with Crippen LogP contribution in [0.4, 0.5) is 10.1 Å². The van der Waals surface area contributed by atoms with Crippen LogP contribution >= 0.6 is 24.8 Å². The van der Waals surface area contributed by atoms with E-state index in [1.165, 1.54) is 17.7 Å². The first kappa shape index (κ1) is 25.4. The Bertz CT molecular complexity index is 831. The fraction of sp³-hybridized carbons (Fsp3) is 0.435. The molecule has 0 spiro atoms. The number of piperazine rings is 1. The van der Waals surface area contributed by atoms with Gasteiger partial charge in [-0.25, -0.2) is 4.39 Å². The van der Waals surface area contributed by atoms with Gasteiger partial charge in [-0.05, 0) is 36.8 Å². The molecule has 0 radical (unpaired) electrons. The van der Waals surface area contributed by atoms with Gasteiger partial charge in [-0.2, -0.15) is 0 Å². The van der Waals surface area contributed by atoms with E-state index in [1.54, 1.807) is 0 Å². The largest absolute Gasteiger partial charge is 0.369 e. The van der Waals surface area contributed by atoms with E-state index in [2.05, 4.69) is 21.9 Å². The van der Waals surface area contributed by atoms with Gasteiger partial charge in [0.15, 0.2) is 0 Å².